The van der Waals surface area contributed by atoms with Crippen LogP contribution in [-0.4, -0.2) is 9.78 Å². The van der Waals surface area contributed by atoms with Gasteiger partial charge in [-0.2, -0.15) is 5.10 Å². The summed E-state index contributed by atoms with van der Waals surface area (Å²) in [5, 5.41) is 8.22. The van der Waals surface area contributed by atoms with E-state index in [2.05, 4.69) is 59.3 Å². The molecule has 2 aromatic rings. The summed E-state index contributed by atoms with van der Waals surface area (Å²) < 4.78 is 2.12. The van der Waals surface area contributed by atoms with Crippen molar-refractivity contribution in [3.63, 3.8) is 0 Å². The average molecular weight is 227 g/mol. The normalized spacial score (nSPS) is 21.6. The molecular formula is C14H17N3. The van der Waals surface area contributed by atoms with Crippen molar-refractivity contribution in [3.8, 4) is 11.3 Å². The maximum absolute atomic E-state index is 4.63. The standard InChI is InChI=1S/C14H17N3/c1-4-14(3)15-12-8-6-5-7-11(12)13-9-10(2)16-17(13)14/h5-9,15H,4H2,1-3H3. The molecule has 3 heteroatoms. The molecule has 0 fully saturated rings. The SMILES string of the molecule is CCC1(C)Nc2ccccc2-c2cc(C)nn21. The van der Waals surface area contributed by atoms with Gasteiger partial charge in [0.05, 0.1) is 11.4 Å². The fraction of sp³-hybridized carbons (Fsp3) is 0.357. The van der Waals surface area contributed by atoms with Crippen molar-refractivity contribution in [1.29, 1.82) is 0 Å². The Morgan fingerprint density at radius 1 is 1.35 bits per heavy atom. The number of rotatable bonds is 1. The van der Waals surface area contributed by atoms with Gasteiger partial charge < -0.3 is 5.32 Å². The lowest BCUT2D eigenvalue weighted by Crippen LogP contribution is -2.41. The van der Waals surface area contributed by atoms with Gasteiger partial charge in [0.15, 0.2) is 0 Å². The van der Waals surface area contributed by atoms with Crippen LogP contribution in [0.1, 0.15) is 26.0 Å². The predicted molar refractivity (Wildman–Crippen MR) is 70.0 cm³/mol. The molecule has 1 aliphatic rings. The summed E-state index contributed by atoms with van der Waals surface area (Å²) >= 11 is 0. The molecule has 1 aliphatic heterocycles. The lowest BCUT2D eigenvalue weighted by Gasteiger charge is -2.37. The van der Waals surface area contributed by atoms with Crippen molar-refractivity contribution in [2.75, 3.05) is 5.32 Å². The van der Waals surface area contributed by atoms with E-state index in [1.807, 2.05) is 6.92 Å². The Kier molecular flexibility index (Phi) is 2.05. The third-order valence-corrected chi connectivity index (χ3v) is 3.59. The Morgan fingerprint density at radius 2 is 2.12 bits per heavy atom. The van der Waals surface area contributed by atoms with E-state index in [9.17, 15) is 0 Å². The average Bonchev–Trinajstić information content (AvgIpc) is 2.72. The first-order chi connectivity index (χ1) is 8.14. The molecule has 1 aromatic carbocycles. The molecule has 0 amide bonds. The first-order valence-corrected chi connectivity index (χ1v) is 6.09. The molecule has 17 heavy (non-hydrogen) atoms. The molecule has 0 bridgehead atoms. The van der Waals surface area contributed by atoms with Crippen molar-refractivity contribution < 1.29 is 0 Å². The van der Waals surface area contributed by atoms with Gasteiger partial charge in [0.1, 0.15) is 5.66 Å². The highest BCUT2D eigenvalue weighted by atomic mass is 15.4. The van der Waals surface area contributed by atoms with Gasteiger partial charge in [0, 0.05) is 11.3 Å². The van der Waals surface area contributed by atoms with E-state index in [-0.39, 0.29) is 5.66 Å². The van der Waals surface area contributed by atoms with Crippen molar-refractivity contribution in [3.05, 3.63) is 36.0 Å². The summed E-state index contributed by atoms with van der Waals surface area (Å²) in [5.74, 6) is 0. The molecule has 1 N–H and O–H groups in total. The Balaban J connectivity index is 2.29. The van der Waals surface area contributed by atoms with Crippen molar-refractivity contribution in [1.82, 2.24) is 9.78 Å². The molecule has 0 saturated carbocycles. The van der Waals surface area contributed by atoms with E-state index >= 15 is 0 Å². The summed E-state index contributed by atoms with van der Waals surface area (Å²) in [5.41, 5.74) is 4.58. The van der Waals surface area contributed by atoms with Gasteiger partial charge in [0.25, 0.3) is 0 Å². The number of hydrogen-bond donors (Lipinski definition) is 1. The lowest BCUT2D eigenvalue weighted by molar-refractivity contribution is 0.320. The van der Waals surface area contributed by atoms with Crippen molar-refractivity contribution in [2.24, 2.45) is 0 Å². The zero-order valence-electron chi connectivity index (χ0n) is 10.5. The second kappa shape index (κ2) is 3.36. The summed E-state index contributed by atoms with van der Waals surface area (Å²) in [6.07, 6.45) is 0.995. The van der Waals surface area contributed by atoms with Crippen LogP contribution >= 0.6 is 0 Å². The molecule has 0 aliphatic carbocycles. The van der Waals surface area contributed by atoms with Crippen LogP contribution in [0.2, 0.25) is 0 Å². The minimum atomic E-state index is -0.127. The number of fused-ring (bicyclic) bond motifs is 3. The second-order valence-electron chi connectivity index (χ2n) is 4.88. The van der Waals surface area contributed by atoms with Gasteiger partial charge in [-0.25, -0.2) is 4.68 Å². The van der Waals surface area contributed by atoms with Gasteiger partial charge >= 0.3 is 0 Å². The summed E-state index contributed by atoms with van der Waals surface area (Å²) in [6, 6.07) is 10.6. The van der Waals surface area contributed by atoms with Gasteiger partial charge in [-0.3, -0.25) is 0 Å². The molecule has 2 heterocycles. The number of nitrogens with one attached hydrogen (secondary N) is 1. The number of hydrogen-bond acceptors (Lipinski definition) is 2. The van der Waals surface area contributed by atoms with Gasteiger partial charge in [0.2, 0.25) is 0 Å². The van der Waals surface area contributed by atoms with Crippen molar-refractivity contribution in [2.45, 2.75) is 32.9 Å². The molecule has 1 unspecified atom stereocenters. The highest BCUT2D eigenvalue weighted by Gasteiger charge is 2.33. The van der Waals surface area contributed by atoms with E-state index in [4.69, 9.17) is 0 Å². The third kappa shape index (κ3) is 1.38. The van der Waals surface area contributed by atoms with Crippen LogP contribution in [0.4, 0.5) is 5.69 Å². The van der Waals surface area contributed by atoms with E-state index < -0.39 is 0 Å². The molecule has 0 spiro atoms. The number of nitrogens with zero attached hydrogens (tertiary/aromatic N) is 2. The largest absolute Gasteiger partial charge is 0.361 e. The molecule has 3 rings (SSSR count). The first-order valence-electron chi connectivity index (χ1n) is 6.09. The molecule has 1 aromatic heterocycles. The number of aryl methyl sites for hydroxylation is 1. The maximum atomic E-state index is 4.63. The topological polar surface area (TPSA) is 29.9 Å². The number of aromatic nitrogens is 2. The second-order valence-corrected chi connectivity index (χ2v) is 4.88. The number of anilines is 1. The summed E-state index contributed by atoms with van der Waals surface area (Å²) in [4.78, 5) is 0. The van der Waals surface area contributed by atoms with E-state index in [0.29, 0.717) is 0 Å². The predicted octanol–water partition coefficient (Wildman–Crippen LogP) is 3.37. The fourth-order valence-electron chi connectivity index (χ4n) is 2.46. The first kappa shape index (κ1) is 10.4. The number of para-hydroxylation sites is 1. The molecule has 0 saturated heterocycles. The third-order valence-electron chi connectivity index (χ3n) is 3.59. The van der Waals surface area contributed by atoms with Gasteiger partial charge in [-0.05, 0) is 32.4 Å². The van der Waals surface area contributed by atoms with Crippen LogP contribution in [0, 0.1) is 6.92 Å². The Bertz CT molecular complexity index is 571. The molecule has 0 radical (unpaired) electrons. The Hall–Kier alpha value is -1.77. The van der Waals surface area contributed by atoms with Crippen LogP contribution in [-0.2, 0) is 5.66 Å². The minimum absolute atomic E-state index is 0.127. The van der Waals surface area contributed by atoms with Crippen LogP contribution < -0.4 is 5.32 Å². The van der Waals surface area contributed by atoms with Crippen molar-refractivity contribution >= 4 is 5.69 Å². The van der Waals surface area contributed by atoms with Crippen LogP contribution in [0.3, 0.4) is 0 Å². The van der Waals surface area contributed by atoms with Crippen LogP contribution in [0.15, 0.2) is 30.3 Å². The van der Waals surface area contributed by atoms with Gasteiger partial charge in [-0.1, -0.05) is 25.1 Å². The van der Waals surface area contributed by atoms with Crippen LogP contribution in [0.5, 0.6) is 0 Å². The summed E-state index contributed by atoms with van der Waals surface area (Å²) in [7, 11) is 0. The zero-order valence-corrected chi connectivity index (χ0v) is 10.5. The Labute approximate surface area is 101 Å². The Morgan fingerprint density at radius 3 is 2.88 bits per heavy atom. The quantitative estimate of drug-likeness (QED) is 0.809. The van der Waals surface area contributed by atoms with E-state index in [0.717, 1.165) is 12.1 Å². The molecule has 1 atom stereocenters. The van der Waals surface area contributed by atoms with Gasteiger partial charge in [-0.15, -0.1) is 0 Å². The van der Waals surface area contributed by atoms with E-state index in [1.54, 1.807) is 0 Å². The highest BCUT2D eigenvalue weighted by molar-refractivity contribution is 5.78. The molecule has 88 valence electrons. The molecular weight excluding hydrogens is 210 g/mol. The zero-order chi connectivity index (χ0) is 12.0. The molecule has 3 nitrogen and oxygen atoms in total. The minimum Gasteiger partial charge on any atom is -0.361 e. The lowest BCUT2D eigenvalue weighted by atomic mass is 10.0. The number of benzene rings is 1. The van der Waals surface area contributed by atoms with E-state index in [1.165, 1.54) is 16.9 Å². The smallest absolute Gasteiger partial charge is 0.129 e. The monoisotopic (exact) mass is 227 g/mol. The fourth-order valence-corrected chi connectivity index (χ4v) is 2.46. The summed E-state index contributed by atoms with van der Waals surface area (Å²) in [6.45, 7) is 6.42. The maximum Gasteiger partial charge on any atom is 0.129 e. The highest BCUT2D eigenvalue weighted by Crippen LogP contribution is 2.39. The van der Waals surface area contributed by atoms with Crippen LogP contribution in [0.25, 0.3) is 11.3 Å².